The lowest BCUT2D eigenvalue weighted by molar-refractivity contribution is -0.0178. The number of fused-ring (bicyclic) bond motifs is 1. The molecule has 0 spiro atoms. The van der Waals surface area contributed by atoms with Gasteiger partial charge in [0.1, 0.15) is 29.5 Å². The Labute approximate surface area is 154 Å². The van der Waals surface area contributed by atoms with Crippen LogP contribution in [0, 0.1) is 0 Å². The summed E-state index contributed by atoms with van der Waals surface area (Å²) >= 11 is 0. The van der Waals surface area contributed by atoms with Crippen LogP contribution in [-0.2, 0) is 24.8 Å². The minimum atomic E-state index is -0.0257. The van der Waals surface area contributed by atoms with Crippen LogP contribution in [0.4, 0.5) is 0 Å². The molecule has 1 aromatic heterocycles. The van der Waals surface area contributed by atoms with Gasteiger partial charge in [-0.05, 0) is 31.9 Å². The Kier molecular flexibility index (Phi) is 4.87. The number of methoxy groups -OCH3 is 1. The highest BCUT2D eigenvalue weighted by Crippen LogP contribution is 2.36. The van der Waals surface area contributed by atoms with E-state index < -0.39 is 0 Å². The summed E-state index contributed by atoms with van der Waals surface area (Å²) in [4.78, 5) is 4.49. The summed E-state index contributed by atoms with van der Waals surface area (Å²) in [6.07, 6.45) is 7.05. The third-order valence-corrected chi connectivity index (χ3v) is 5.27. The van der Waals surface area contributed by atoms with E-state index in [9.17, 15) is 0 Å². The molecule has 3 heterocycles. The van der Waals surface area contributed by atoms with Gasteiger partial charge in [-0.3, -0.25) is 0 Å². The minimum Gasteiger partial charge on any atom is -0.497 e. The molecule has 2 aliphatic heterocycles. The molecule has 1 unspecified atom stereocenters. The highest BCUT2D eigenvalue weighted by atomic mass is 16.5. The van der Waals surface area contributed by atoms with Crippen molar-refractivity contribution in [3.63, 3.8) is 0 Å². The quantitative estimate of drug-likeness (QED) is 0.892. The van der Waals surface area contributed by atoms with Crippen LogP contribution in [0.25, 0.3) is 0 Å². The SMILES string of the molecule is COc1cc(CN[C@H]2CCCO[C@@H]2c2nccn2C)c2c(c1)CC(C)O2. The van der Waals surface area contributed by atoms with Crippen molar-refractivity contribution >= 4 is 0 Å². The molecule has 0 bridgehead atoms. The molecule has 26 heavy (non-hydrogen) atoms. The lowest BCUT2D eigenvalue weighted by Gasteiger charge is -2.32. The van der Waals surface area contributed by atoms with Gasteiger partial charge in [0.25, 0.3) is 0 Å². The molecule has 4 rings (SSSR count). The van der Waals surface area contributed by atoms with E-state index in [0.29, 0.717) is 0 Å². The van der Waals surface area contributed by atoms with Crippen molar-refractivity contribution in [2.75, 3.05) is 13.7 Å². The first-order chi connectivity index (χ1) is 12.7. The fraction of sp³-hybridized carbons (Fsp3) is 0.550. The number of rotatable bonds is 5. The average molecular weight is 357 g/mol. The maximum Gasteiger partial charge on any atom is 0.139 e. The Balaban J connectivity index is 1.53. The topological polar surface area (TPSA) is 57.5 Å². The van der Waals surface area contributed by atoms with Crippen molar-refractivity contribution in [3.8, 4) is 11.5 Å². The molecular formula is C20H27N3O3. The standard InChI is InChI=1S/C20H27N3O3/c1-13-9-14-10-16(24-3)11-15(18(14)26-13)12-22-17-5-4-8-25-19(17)20-21-6-7-23(20)2/h6-7,10-11,13,17,19,22H,4-5,8-9,12H2,1-3H3/t13?,17-,19-/m0/s1. The summed E-state index contributed by atoms with van der Waals surface area (Å²) in [6, 6.07) is 4.39. The maximum absolute atomic E-state index is 6.06. The Morgan fingerprint density at radius 1 is 1.38 bits per heavy atom. The fourth-order valence-electron chi connectivity index (χ4n) is 3.96. The van der Waals surface area contributed by atoms with Crippen LogP contribution in [0.3, 0.4) is 0 Å². The van der Waals surface area contributed by atoms with Crippen molar-refractivity contribution in [2.24, 2.45) is 7.05 Å². The van der Waals surface area contributed by atoms with E-state index in [-0.39, 0.29) is 18.2 Å². The third kappa shape index (κ3) is 3.31. The number of hydrogen-bond acceptors (Lipinski definition) is 5. The predicted octanol–water partition coefficient (Wildman–Crippen LogP) is 2.76. The van der Waals surface area contributed by atoms with Crippen LogP contribution in [0.1, 0.15) is 42.8 Å². The molecule has 140 valence electrons. The van der Waals surface area contributed by atoms with Crippen molar-refractivity contribution in [1.82, 2.24) is 14.9 Å². The molecule has 6 nitrogen and oxygen atoms in total. The van der Waals surface area contributed by atoms with Gasteiger partial charge in [-0.2, -0.15) is 0 Å². The van der Waals surface area contributed by atoms with Gasteiger partial charge in [-0.1, -0.05) is 0 Å². The molecule has 2 aliphatic rings. The lowest BCUT2D eigenvalue weighted by atomic mass is 10.0. The molecule has 2 aromatic rings. The summed E-state index contributed by atoms with van der Waals surface area (Å²) in [7, 11) is 3.73. The van der Waals surface area contributed by atoms with Crippen LogP contribution in [0.15, 0.2) is 24.5 Å². The van der Waals surface area contributed by atoms with Crippen molar-refractivity contribution in [1.29, 1.82) is 0 Å². The Morgan fingerprint density at radius 2 is 2.27 bits per heavy atom. The summed E-state index contributed by atoms with van der Waals surface area (Å²) in [6.45, 7) is 3.61. The van der Waals surface area contributed by atoms with E-state index in [1.807, 2.05) is 24.0 Å². The summed E-state index contributed by atoms with van der Waals surface area (Å²) in [5.41, 5.74) is 2.38. The molecule has 0 amide bonds. The average Bonchev–Trinajstić information content (AvgIpc) is 3.24. The predicted molar refractivity (Wildman–Crippen MR) is 98.6 cm³/mol. The minimum absolute atomic E-state index is 0.0257. The van der Waals surface area contributed by atoms with Crippen molar-refractivity contribution < 1.29 is 14.2 Å². The van der Waals surface area contributed by atoms with Gasteiger partial charge in [0, 0.05) is 56.2 Å². The third-order valence-electron chi connectivity index (χ3n) is 5.27. The molecule has 0 aliphatic carbocycles. The van der Waals surface area contributed by atoms with E-state index >= 15 is 0 Å². The molecule has 1 saturated heterocycles. The number of imidazole rings is 1. The number of hydrogen-bond donors (Lipinski definition) is 1. The summed E-state index contributed by atoms with van der Waals surface area (Å²) < 4.78 is 19.6. The molecule has 3 atom stereocenters. The molecule has 0 saturated carbocycles. The second-order valence-electron chi connectivity index (χ2n) is 7.22. The normalized spacial score (nSPS) is 25.0. The monoisotopic (exact) mass is 357 g/mol. The van der Waals surface area contributed by atoms with Gasteiger partial charge in [-0.25, -0.2) is 4.98 Å². The maximum atomic E-state index is 6.06. The number of nitrogens with zero attached hydrogens (tertiary/aromatic N) is 2. The largest absolute Gasteiger partial charge is 0.497 e. The van der Waals surface area contributed by atoms with Crippen LogP contribution in [-0.4, -0.2) is 35.4 Å². The van der Waals surface area contributed by atoms with Crippen LogP contribution in [0.5, 0.6) is 11.5 Å². The number of benzene rings is 1. The first-order valence-electron chi connectivity index (χ1n) is 9.34. The fourth-order valence-corrected chi connectivity index (χ4v) is 3.96. The molecule has 6 heteroatoms. The lowest BCUT2D eigenvalue weighted by Crippen LogP contribution is -2.40. The van der Waals surface area contributed by atoms with Gasteiger partial charge >= 0.3 is 0 Å². The first-order valence-corrected chi connectivity index (χ1v) is 9.34. The van der Waals surface area contributed by atoms with E-state index in [2.05, 4.69) is 29.4 Å². The number of aryl methyl sites for hydroxylation is 1. The van der Waals surface area contributed by atoms with Gasteiger partial charge in [0.05, 0.1) is 7.11 Å². The molecular weight excluding hydrogens is 330 g/mol. The molecule has 1 fully saturated rings. The Bertz CT molecular complexity index is 774. The van der Waals surface area contributed by atoms with Gasteiger partial charge < -0.3 is 24.1 Å². The highest BCUT2D eigenvalue weighted by molar-refractivity contribution is 5.49. The van der Waals surface area contributed by atoms with E-state index in [4.69, 9.17) is 14.2 Å². The van der Waals surface area contributed by atoms with Crippen molar-refractivity contribution in [2.45, 2.75) is 51.0 Å². The van der Waals surface area contributed by atoms with Gasteiger partial charge in [0.15, 0.2) is 0 Å². The second-order valence-corrected chi connectivity index (χ2v) is 7.22. The molecule has 0 radical (unpaired) electrons. The zero-order valence-corrected chi connectivity index (χ0v) is 15.7. The van der Waals surface area contributed by atoms with Gasteiger partial charge in [0.2, 0.25) is 0 Å². The number of ether oxygens (including phenoxy) is 3. The molecule has 1 N–H and O–H groups in total. The molecule has 1 aromatic carbocycles. The second kappa shape index (κ2) is 7.29. The van der Waals surface area contributed by atoms with Gasteiger partial charge in [-0.15, -0.1) is 0 Å². The van der Waals surface area contributed by atoms with Crippen LogP contribution >= 0.6 is 0 Å². The zero-order valence-electron chi connectivity index (χ0n) is 15.7. The summed E-state index contributed by atoms with van der Waals surface area (Å²) in [5.74, 6) is 2.87. The Hall–Kier alpha value is -2.05. The zero-order chi connectivity index (χ0) is 18.1. The smallest absolute Gasteiger partial charge is 0.139 e. The number of nitrogens with one attached hydrogen (secondary N) is 1. The number of aromatic nitrogens is 2. The first kappa shape index (κ1) is 17.4. The van der Waals surface area contributed by atoms with Crippen LogP contribution in [0.2, 0.25) is 0 Å². The van der Waals surface area contributed by atoms with E-state index in [0.717, 1.165) is 55.3 Å². The van der Waals surface area contributed by atoms with Crippen LogP contribution < -0.4 is 14.8 Å². The van der Waals surface area contributed by atoms with E-state index in [1.54, 1.807) is 7.11 Å². The Morgan fingerprint density at radius 3 is 3.04 bits per heavy atom. The summed E-state index contributed by atoms with van der Waals surface area (Å²) in [5, 5.41) is 3.69. The van der Waals surface area contributed by atoms with Crippen molar-refractivity contribution in [3.05, 3.63) is 41.5 Å². The van der Waals surface area contributed by atoms with E-state index in [1.165, 1.54) is 5.56 Å². The highest BCUT2D eigenvalue weighted by Gasteiger charge is 2.31.